The highest BCUT2D eigenvalue weighted by atomic mass is 16.5. The number of likely N-dealkylation sites (N-methyl/N-ethyl adjacent to an activating group) is 1. The van der Waals surface area contributed by atoms with E-state index in [0.717, 1.165) is 34.3 Å². The number of aromatic hydroxyl groups is 1. The first-order valence-corrected chi connectivity index (χ1v) is 11.3. The third-order valence-corrected chi connectivity index (χ3v) is 6.14. The predicted molar refractivity (Wildman–Crippen MR) is 137 cm³/mol. The van der Waals surface area contributed by atoms with Crippen molar-refractivity contribution in [3.63, 3.8) is 0 Å². The molecule has 0 saturated heterocycles. The van der Waals surface area contributed by atoms with Gasteiger partial charge in [0.25, 0.3) is 5.95 Å². The van der Waals surface area contributed by atoms with E-state index in [0.29, 0.717) is 16.9 Å². The van der Waals surface area contributed by atoms with Crippen molar-refractivity contribution < 1.29 is 9.52 Å². The number of benzene rings is 3. The first-order chi connectivity index (χ1) is 16.3. The minimum Gasteiger partial charge on any atom is -0.480 e. The van der Waals surface area contributed by atoms with Crippen molar-refractivity contribution in [2.24, 2.45) is 15.7 Å². The van der Waals surface area contributed by atoms with Gasteiger partial charge in [0.05, 0.1) is 29.3 Å². The standard InChI is InChI=1S/C28H28N4O2/c1-28(2,29)20-12-8-19(9-13-20)26(25-22-6-4-5-7-24(22)34-27(25)33)31-21-14-10-18(11-15-21)23-16-32(3)17-30-23/h4-15,17,23,33H,16,29H2,1-3H3. The summed E-state index contributed by atoms with van der Waals surface area (Å²) in [6.45, 7) is 4.81. The van der Waals surface area contributed by atoms with Crippen LogP contribution in [-0.4, -0.2) is 35.6 Å². The maximum absolute atomic E-state index is 10.8. The summed E-state index contributed by atoms with van der Waals surface area (Å²) in [5, 5.41) is 11.6. The van der Waals surface area contributed by atoms with Gasteiger partial charge in [0.1, 0.15) is 5.58 Å². The van der Waals surface area contributed by atoms with Gasteiger partial charge < -0.3 is 20.2 Å². The second-order valence-electron chi connectivity index (χ2n) is 9.35. The van der Waals surface area contributed by atoms with Crippen LogP contribution in [0.4, 0.5) is 5.69 Å². The molecule has 3 N–H and O–H groups in total. The number of hydrogen-bond donors (Lipinski definition) is 2. The third-order valence-electron chi connectivity index (χ3n) is 6.14. The zero-order valence-corrected chi connectivity index (χ0v) is 19.6. The van der Waals surface area contributed by atoms with Crippen LogP contribution in [0, 0.1) is 0 Å². The molecule has 1 unspecified atom stereocenters. The lowest BCUT2D eigenvalue weighted by atomic mass is 9.93. The summed E-state index contributed by atoms with van der Waals surface area (Å²) in [5.74, 6) is -0.150. The molecule has 172 valence electrons. The number of nitrogens with two attached hydrogens (primary N) is 1. The van der Waals surface area contributed by atoms with Gasteiger partial charge >= 0.3 is 0 Å². The third kappa shape index (κ3) is 4.20. The Labute approximate surface area is 199 Å². The van der Waals surface area contributed by atoms with Gasteiger partial charge in [-0.05, 0) is 43.2 Å². The molecule has 3 aromatic carbocycles. The molecule has 1 aromatic heterocycles. The largest absolute Gasteiger partial charge is 0.480 e. The lowest BCUT2D eigenvalue weighted by Gasteiger charge is -2.19. The molecule has 0 radical (unpaired) electrons. The van der Waals surface area contributed by atoms with E-state index in [-0.39, 0.29) is 12.0 Å². The highest BCUT2D eigenvalue weighted by Crippen LogP contribution is 2.35. The number of furan rings is 1. The van der Waals surface area contributed by atoms with E-state index < -0.39 is 5.54 Å². The van der Waals surface area contributed by atoms with Gasteiger partial charge in [-0.25, -0.2) is 4.99 Å². The monoisotopic (exact) mass is 452 g/mol. The number of fused-ring (bicyclic) bond motifs is 1. The van der Waals surface area contributed by atoms with E-state index in [2.05, 4.69) is 22.0 Å². The molecule has 2 heterocycles. The second-order valence-corrected chi connectivity index (χ2v) is 9.35. The van der Waals surface area contributed by atoms with Gasteiger partial charge in [0, 0.05) is 30.1 Å². The Kier molecular flexibility index (Phi) is 5.46. The molecular formula is C28H28N4O2. The van der Waals surface area contributed by atoms with E-state index >= 15 is 0 Å². The molecule has 6 nitrogen and oxygen atoms in total. The molecule has 0 spiro atoms. The SMILES string of the molecule is CN1C=NC(c2ccc(N=C(c3ccc(C(C)(C)N)cc3)c3c(O)oc4ccccc34)cc2)C1. The fraction of sp³-hybridized carbons (Fsp3) is 0.214. The lowest BCUT2D eigenvalue weighted by molar-refractivity contribution is 0.345. The molecule has 6 heteroatoms. The van der Waals surface area contributed by atoms with Gasteiger partial charge in [-0.2, -0.15) is 0 Å². The highest BCUT2D eigenvalue weighted by molar-refractivity contribution is 6.21. The van der Waals surface area contributed by atoms with Crippen molar-refractivity contribution >= 4 is 28.7 Å². The molecule has 1 atom stereocenters. The van der Waals surface area contributed by atoms with Crippen molar-refractivity contribution in [3.8, 4) is 5.95 Å². The van der Waals surface area contributed by atoms with Crippen LogP contribution in [0.25, 0.3) is 11.0 Å². The van der Waals surface area contributed by atoms with E-state index in [9.17, 15) is 5.11 Å². The van der Waals surface area contributed by atoms with Crippen molar-refractivity contribution in [2.45, 2.75) is 25.4 Å². The van der Waals surface area contributed by atoms with Crippen molar-refractivity contribution in [1.29, 1.82) is 0 Å². The molecule has 0 saturated carbocycles. The maximum Gasteiger partial charge on any atom is 0.292 e. The fourth-order valence-electron chi connectivity index (χ4n) is 4.24. The summed E-state index contributed by atoms with van der Waals surface area (Å²) in [5.41, 5.74) is 11.4. The van der Waals surface area contributed by atoms with Gasteiger partial charge in [-0.3, -0.25) is 4.99 Å². The first-order valence-electron chi connectivity index (χ1n) is 11.3. The van der Waals surface area contributed by atoms with Gasteiger partial charge in [-0.1, -0.05) is 54.6 Å². The summed E-state index contributed by atoms with van der Waals surface area (Å²) in [6, 6.07) is 23.8. The van der Waals surface area contributed by atoms with Crippen LogP contribution >= 0.6 is 0 Å². The van der Waals surface area contributed by atoms with Gasteiger partial charge in [-0.15, -0.1) is 0 Å². The number of hydrogen-bond acceptors (Lipinski definition) is 6. The topological polar surface area (TPSA) is 87.4 Å². The first kappa shape index (κ1) is 21.9. The van der Waals surface area contributed by atoms with E-state index in [4.69, 9.17) is 15.1 Å². The lowest BCUT2D eigenvalue weighted by Crippen LogP contribution is -2.28. The molecule has 5 rings (SSSR count). The number of aliphatic imine (C=N–C) groups is 2. The number of nitrogens with zero attached hydrogens (tertiary/aromatic N) is 3. The highest BCUT2D eigenvalue weighted by Gasteiger charge is 2.22. The zero-order valence-electron chi connectivity index (χ0n) is 19.6. The quantitative estimate of drug-likeness (QED) is 0.391. The van der Waals surface area contributed by atoms with Crippen LogP contribution in [0.5, 0.6) is 5.95 Å². The molecule has 0 bridgehead atoms. The minimum absolute atomic E-state index is 0.136. The molecule has 4 aromatic rings. The normalized spacial score (nSPS) is 16.5. The van der Waals surface area contributed by atoms with Crippen LogP contribution in [0.15, 0.2) is 87.2 Å². The molecule has 0 fully saturated rings. The van der Waals surface area contributed by atoms with E-state index in [1.165, 1.54) is 0 Å². The smallest absolute Gasteiger partial charge is 0.292 e. The van der Waals surface area contributed by atoms with Gasteiger partial charge in [0.15, 0.2) is 0 Å². The second kappa shape index (κ2) is 8.47. The molecular weight excluding hydrogens is 424 g/mol. The number of para-hydroxylation sites is 1. The summed E-state index contributed by atoms with van der Waals surface area (Å²) < 4.78 is 5.65. The van der Waals surface area contributed by atoms with Gasteiger partial charge in [0.2, 0.25) is 0 Å². The Balaban J connectivity index is 1.60. The maximum atomic E-state index is 10.8. The average Bonchev–Trinajstić information content (AvgIpc) is 3.40. The zero-order chi connectivity index (χ0) is 23.9. The Hall–Kier alpha value is -3.90. The Morgan fingerprint density at radius 2 is 1.76 bits per heavy atom. The van der Waals surface area contributed by atoms with Crippen molar-refractivity contribution in [1.82, 2.24) is 4.90 Å². The molecule has 1 aliphatic rings. The Bertz CT molecular complexity index is 1380. The van der Waals surface area contributed by atoms with Crippen LogP contribution in [0.1, 0.15) is 42.1 Å². The Morgan fingerprint density at radius 1 is 1.06 bits per heavy atom. The minimum atomic E-state index is -0.451. The molecule has 1 aliphatic heterocycles. The molecule has 0 amide bonds. The van der Waals surface area contributed by atoms with Crippen LogP contribution in [0.2, 0.25) is 0 Å². The fourth-order valence-corrected chi connectivity index (χ4v) is 4.24. The van der Waals surface area contributed by atoms with Crippen molar-refractivity contribution in [3.05, 3.63) is 95.1 Å². The van der Waals surface area contributed by atoms with Crippen LogP contribution < -0.4 is 5.73 Å². The average molecular weight is 453 g/mol. The van der Waals surface area contributed by atoms with Crippen LogP contribution in [0.3, 0.4) is 0 Å². The summed E-state index contributed by atoms with van der Waals surface area (Å²) in [6.07, 6.45) is 1.87. The van der Waals surface area contributed by atoms with Crippen molar-refractivity contribution in [2.75, 3.05) is 13.6 Å². The predicted octanol–water partition coefficient (Wildman–Crippen LogP) is 5.52. The molecule has 34 heavy (non-hydrogen) atoms. The summed E-state index contributed by atoms with van der Waals surface area (Å²) >= 11 is 0. The summed E-state index contributed by atoms with van der Waals surface area (Å²) in [7, 11) is 2.02. The summed E-state index contributed by atoms with van der Waals surface area (Å²) in [4.78, 5) is 11.6. The van der Waals surface area contributed by atoms with E-state index in [1.54, 1.807) is 0 Å². The Morgan fingerprint density at radius 3 is 2.41 bits per heavy atom. The number of rotatable bonds is 5. The molecule has 0 aliphatic carbocycles. The van der Waals surface area contributed by atoms with Crippen LogP contribution in [-0.2, 0) is 5.54 Å². The van der Waals surface area contributed by atoms with E-state index in [1.807, 2.05) is 87.9 Å².